The number of nitrogens with one attached hydrogen (secondary N) is 1. The molecule has 1 aromatic heterocycles. The van der Waals surface area contributed by atoms with Gasteiger partial charge in [0.1, 0.15) is 17.4 Å². The van der Waals surface area contributed by atoms with Crippen molar-refractivity contribution in [3.05, 3.63) is 53.7 Å². The van der Waals surface area contributed by atoms with Crippen molar-refractivity contribution in [1.82, 2.24) is 10.3 Å². The second kappa shape index (κ2) is 8.05. The molecule has 128 valence electrons. The van der Waals surface area contributed by atoms with E-state index in [0.29, 0.717) is 5.75 Å². The van der Waals surface area contributed by atoms with E-state index in [0.717, 1.165) is 5.56 Å². The minimum absolute atomic E-state index is 0.115. The number of aromatic nitrogens is 1. The van der Waals surface area contributed by atoms with Crippen LogP contribution in [0.1, 0.15) is 15.9 Å². The van der Waals surface area contributed by atoms with Gasteiger partial charge in [0, 0.05) is 18.0 Å². The average molecular weight is 356 g/mol. The molecule has 0 radical (unpaired) electrons. The van der Waals surface area contributed by atoms with Crippen molar-refractivity contribution >= 4 is 17.7 Å². The third-order valence-corrected chi connectivity index (χ3v) is 3.72. The zero-order valence-electron chi connectivity index (χ0n) is 12.8. The van der Waals surface area contributed by atoms with Crippen LogP contribution in [0.5, 0.6) is 5.75 Å². The highest BCUT2D eigenvalue weighted by atomic mass is 32.2. The third kappa shape index (κ3) is 5.45. The smallest absolute Gasteiger partial charge is 0.447 e. The topological polar surface area (TPSA) is 51.2 Å². The number of ether oxygens (including phenoxy) is 1. The van der Waals surface area contributed by atoms with Crippen molar-refractivity contribution in [1.29, 1.82) is 0 Å². The molecule has 0 saturated heterocycles. The van der Waals surface area contributed by atoms with Crippen LogP contribution < -0.4 is 10.1 Å². The van der Waals surface area contributed by atoms with Crippen molar-refractivity contribution < 1.29 is 22.7 Å². The van der Waals surface area contributed by atoms with Crippen LogP contribution in [0.15, 0.2) is 47.6 Å². The van der Waals surface area contributed by atoms with Gasteiger partial charge in [-0.05, 0) is 30.7 Å². The van der Waals surface area contributed by atoms with Crippen LogP contribution in [0, 0.1) is 6.92 Å². The first-order chi connectivity index (χ1) is 11.4. The monoisotopic (exact) mass is 356 g/mol. The van der Waals surface area contributed by atoms with Gasteiger partial charge in [0.25, 0.3) is 5.91 Å². The van der Waals surface area contributed by atoms with Crippen LogP contribution in [0.25, 0.3) is 0 Å². The predicted octanol–water partition coefficient (Wildman–Crippen LogP) is 3.81. The molecule has 0 unspecified atom stereocenters. The molecule has 1 N–H and O–H groups in total. The Labute approximate surface area is 141 Å². The first kappa shape index (κ1) is 18.1. The lowest BCUT2D eigenvalue weighted by atomic mass is 10.2. The van der Waals surface area contributed by atoms with Crippen LogP contribution in [-0.4, -0.2) is 29.6 Å². The fourth-order valence-electron chi connectivity index (χ4n) is 1.89. The summed E-state index contributed by atoms with van der Waals surface area (Å²) in [5.41, 5.74) is -3.66. The molecular weight excluding hydrogens is 341 g/mol. The first-order valence-electron chi connectivity index (χ1n) is 7.04. The molecule has 2 aromatic rings. The molecule has 0 bridgehead atoms. The van der Waals surface area contributed by atoms with Crippen molar-refractivity contribution in [2.75, 3.05) is 13.2 Å². The summed E-state index contributed by atoms with van der Waals surface area (Å²) in [5.74, 6) is 0.0738. The predicted molar refractivity (Wildman–Crippen MR) is 85.2 cm³/mol. The zero-order valence-corrected chi connectivity index (χ0v) is 13.6. The van der Waals surface area contributed by atoms with Gasteiger partial charge in [0.05, 0.1) is 12.1 Å². The van der Waals surface area contributed by atoms with Gasteiger partial charge in [-0.3, -0.25) is 4.79 Å². The number of aryl methyl sites for hydroxylation is 1. The molecule has 0 saturated carbocycles. The summed E-state index contributed by atoms with van der Waals surface area (Å²) >= 11 is -0.409. The Kier molecular flexibility index (Phi) is 6.08. The number of alkyl halides is 3. The summed E-state index contributed by atoms with van der Waals surface area (Å²) in [6.07, 6.45) is 1.21. The molecule has 0 spiro atoms. The lowest BCUT2D eigenvalue weighted by Crippen LogP contribution is -2.29. The van der Waals surface area contributed by atoms with Gasteiger partial charge in [0.15, 0.2) is 0 Å². The largest absolute Gasteiger partial charge is 0.491 e. The number of hydrogen-bond acceptors (Lipinski definition) is 4. The molecule has 0 aliphatic heterocycles. The molecule has 4 nitrogen and oxygen atoms in total. The van der Waals surface area contributed by atoms with Crippen LogP contribution in [0.2, 0.25) is 0 Å². The first-order valence-corrected chi connectivity index (χ1v) is 7.86. The van der Waals surface area contributed by atoms with E-state index in [9.17, 15) is 18.0 Å². The number of amides is 1. The Bertz CT molecular complexity index is 708. The van der Waals surface area contributed by atoms with Crippen molar-refractivity contribution in [2.45, 2.75) is 17.5 Å². The van der Waals surface area contributed by atoms with E-state index in [-0.39, 0.29) is 23.7 Å². The molecular formula is C16H15F3N2O2S. The van der Waals surface area contributed by atoms with Gasteiger partial charge in [-0.1, -0.05) is 18.2 Å². The van der Waals surface area contributed by atoms with E-state index in [4.69, 9.17) is 4.74 Å². The molecule has 1 aromatic carbocycles. The number of halogens is 3. The Balaban J connectivity index is 1.90. The van der Waals surface area contributed by atoms with E-state index in [2.05, 4.69) is 10.3 Å². The van der Waals surface area contributed by atoms with Gasteiger partial charge >= 0.3 is 5.51 Å². The Morgan fingerprint density at radius 2 is 2.00 bits per heavy atom. The van der Waals surface area contributed by atoms with Gasteiger partial charge < -0.3 is 10.1 Å². The Morgan fingerprint density at radius 1 is 1.25 bits per heavy atom. The van der Waals surface area contributed by atoms with Crippen LogP contribution in [-0.2, 0) is 0 Å². The standard InChI is InChI=1S/C16H15F3N2O2S/c1-11-5-2-3-7-13(11)23-10-9-20-14(22)12-6-4-8-21-15(12)24-16(17,18)19/h2-8H,9-10H2,1H3,(H,20,22). The van der Waals surface area contributed by atoms with Gasteiger partial charge in [-0.15, -0.1) is 0 Å². The second-order valence-corrected chi connectivity index (χ2v) is 5.83. The fraction of sp³-hybridized carbons (Fsp3) is 0.250. The van der Waals surface area contributed by atoms with E-state index in [1.807, 2.05) is 25.1 Å². The van der Waals surface area contributed by atoms with Crippen LogP contribution in [0.3, 0.4) is 0 Å². The lowest BCUT2D eigenvalue weighted by Gasteiger charge is -2.11. The summed E-state index contributed by atoms with van der Waals surface area (Å²) in [6.45, 7) is 2.26. The van der Waals surface area contributed by atoms with Gasteiger partial charge in [-0.25, -0.2) is 4.98 Å². The second-order valence-electron chi connectivity index (χ2n) is 4.77. The molecule has 0 aliphatic rings. The van der Waals surface area contributed by atoms with Crippen molar-refractivity contribution in [2.24, 2.45) is 0 Å². The maximum absolute atomic E-state index is 12.5. The van der Waals surface area contributed by atoms with E-state index < -0.39 is 23.2 Å². The number of para-hydroxylation sites is 1. The minimum atomic E-state index is -4.50. The number of carbonyl (C=O) groups excluding carboxylic acids is 1. The number of thioether (sulfide) groups is 1. The number of carbonyl (C=O) groups is 1. The summed E-state index contributed by atoms with van der Waals surface area (Å²) in [5, 5.41) is 2.16. The maximum atomic E-state index is 12.5. The van der Waals surface area contributed by atoms with Crippen LogP contribution >= 0.6 is 11.8 Å². The molecule has 0 fully saturated rings. The summed E-state index contributed by atoms with van der Waals surface area (Å²) < 4.78 is 43.0. The average Bonchev–Trinajstić information content (AvgIpc) is 2.52. The number of rotatable bonds is 6. The maximum Gasteiger partial charge on any atom is 0.447 e. The molecule has 0 atom stereocenters. The number of hydrogen-bond donors (Lipinski definition) is 1. The third-order valence-electron chi connectivity index (χ3n) is 2.97. The molecule has 2 rings (SSSR count). The summed E-state index contributed by atoms with van der Waals surface area (Å²) in [4.78, 5) is 15.7. The van der Waals surface area contributed by atoms with E-state index in [1.165, 1.54) is 18.3 Å². The van der Waals surface area contributed by atoms with Gasteiger partial charge in [-0.2, -0.15) is 13.2 Å². The number of nitrogens with zero attached hydrogens (tertiary/aromatic N) is 1. The number of benzene rings is 1. The molecule has 1 heterocycles. The highest BCUT2D eigenvalue weighted by Crippen LogP contribution is 2.37. The SMILES string of the molecule is Cc1ccccc1OCCNC(=O)c1cccnc1SC(F)(F)F. The fourth-order valence-corrected chi connectivity index (χ4v) is 2.50. The molecule has 24 heavy (non-hydrogen) atoms. The minimum Gasteiger partial charge on any atom is -0.491 e. The summed E-state index contributed by atoms with van der Waals surface area (Å²) in [7, 11) is 0. The van der Waals surface area contributed by atoms with Crippen molar-refractivity contribution in [3.8, 4) is 5.75 Å². The van der Waals surface area contributed by atoms with Gasteiger partial charge in [0.2, 0.25) is 0 Å². The normalized spacial score (nSPS) is 11.2. The van der Waals surface area contributed by atoms with E-state index in [1.54, 1.807) is 6.07 Å². The molecule has 8 heteroatoms. The van der Waals surface area contributed by atoms with Crippen molar-refractivity contribution in [3.63, 3.8) is 0 Å². The number of pyridine rings is 1. The lowest BCUT2D eigenvalue weighted by molar-refractivity contribution is -0.0329. The quantitative estimate of drug-likeness (QED) is 0.632. The Morgan fingerprint density at radius 3 is 2.71 bits per heavy atom. The van der Waals surface area contributed by atoms with E-state index >= 15 is 0 Å². The van der Waals surface area contributed by atoms with Crippen LogP contribution in [0.4, 0.5) is 13.2 Å². The summed E-state index contributed by atoms with van der Waals surface area (Å²) in [6, 6.07) is 10.1. The highest BCUT2D eigenvalue weighted by molar-refractivity contribution is 8.00. The highest BCUT2D eigenvalue weighted by Gasteiger charge is 2.32. The zero-order chi connectivity index (χ0) is 17.6. The Hall–Kier alpha value is -2.22. The molecule has 0 aliphatic carbocycles. The molecule has 1 amide bonds.